The van der Waals surface area contributed by atoms with Crippen molar-refractivity contribution in [2.45, 2.75) is 50.1 Å². The first-order chi connectivity index (χ1) is 14.7. The van der Waals surface area contributed by atoms with E-state index in [1.807, 2.05) is 18.2 Å². The van der Waals surface area contributed by atoms with Crippen molar-refractivity contribution in [3.8, 4) is 0 Å². The molecule has 0 unspecified atom stereocenters. The second-order valence-corrected chi connectivity index (χ2v) is 8.28. The second kappa shape index (κ2) is 7.79. The quantitative estimate of drug-likeness (QED) is 0.711. The Labute approximate surface area is 178 Å². The van der Waals surface area contributed by atoms with Gasteiger partial charge in [-0.2, -0.15) is 5.10 Å². The van der Waals surface area contributed by atoms with Gasteiger partial charge in [-0.1, -0.05) is 30.8 Å². The van der Waals surface area contributed by atoms with Gasteiger partial charge in [-0.15, -0.1) is 0 Å². The Hall–Kier alpha value is -3.23. The molecule has 0 bridgehead atoms. The van der Waals surface area contributed by atoms with Crippen LogP contribution in [-0.2, 0) is 24.2 Å². The molecule has 2 heterocycles. The van der Waals surface area contributed by atoms with Gasteiger partial charge in [-0.05, 0) is 36.5 Å². The molecule has 0 saturated carbocycles. The smallest absolute Gasteiger partial charge is 0.267 e. The van der Waals surface area contributed by atoms with Crippen LogP contribution in [0.2, 0.25) is 0 Å². The number of rotatable bonds is 5. The molecule has 2 amide bonds. The molecule has 7 nitrogen and oxygen atoms in total. The average molecular weight is 429 g/mol. The summed E-state index contributed by atoms with van der Waals surface area (Å²) >= 11 is 0. The van der Waals surface area contributed by atoms with Gasteiger partial charge in [0.15, 0.2) is 0 Å². The number of alkyl halides is 2. The number of primary amides is 1. The van der Waals surface area contributed by atoms with Crippen LogP contribution < -0.4 is 11.5 Å². The van der Waals surface area contributed by atoms with Crippen molar-refractivity contribution in [3.63, 3.8) is 0 Å². The zero-order valence-corrected chi connectivity index (χ0v) is 17.1. The molecule has 4 rings (SSSR count). The van der Waals surface area contributed by atoms with Gasteiger partial charge >= 0.3 is 0 Å². The predicted molar refractivity (Wildman–Crippen MR) is 112 cm³/mol. The highest BCUT2D eigenvalue weighted by Gasteiger charge is 2.47. The van der Waals surface area contributed by atoms with Crippen molar-refractivity contribution in [1.29, 1.82) is 0 Å². The molecule has 0 spiro atoms. The number of carbonyl (C=O) groups is 2. The minimum absolute atomic E-state index is 0.0441. The summed E-state index contributed by atoms with van der Waals surface area (Å²) in [4.78, 5) is 25.3. The number of nitrogens with two attached hydrogens (primary N) is 2. The monoisotopic (exact) mass is 429 g/mol. The Morgan fingerprint density at radius 2 is 2.00 bits per heavy atom. The fourth-order valence-corrected chi connectivity index (χ4v) is 4.74. The molecule has 1 aromatic heterocycles. The lowest BCUT2D eigenvalue weighted by molar-refractivity contribution is -0.128. The van der Waals surface area contributed by atoms with E-state index in [1.54, 1.807) is 0 Å². The molecule has 31 heavy (non-hydrogen) atoms. The number of aryl methyl sites for hydroxylation is 1. The minimum atomic E-state index is -3.01. The van der Waals surface area contributed by atoms with Crippen LogP contribution in [0, 0.1) is 0 Å². The molecule has 4 N–H and O–H groups in total. The molecule has 2 aliphatic rings. The Kier molecular flexibility index (Phi) is 5.28. The van der Waals surface area contributed by atoms with Crippen LogP contribution in [0.1, 0.15) is 45.9 Å². The van der Waals surface area contributed by atoms with Gasteiger partial charge in [0.05, 0.1) is 24.8 Å². The van der Waals surface area contributed by atoms with Crippen LogP contribution in [0.5, 0.6) is 0 Å². The molecule has 1 aliphatic heterocycles. The highest BCUT2D eigenvalue weighted by Crippen LogP contribution is 2.37. The molecule has 0 radical (unpaired) electrons. The number of aromatic nitrogens is 2. The highest BCUT2D eigenvalue weighted by molar-refractivity contribution is 5.98. The maximum atomic E-state index is 14.0. The first kappa shape index (κ1) is 21.0. The van der Waals surface area contributed by atoms with Crippen molar-refractivity contribution < 1.29 is 18.4 Å². The summed E-state index contributed by atoms with van der Waals surface area (Å²) < 4.78 is 29.4. The molecule has 9 heteroatoms. The van der Waals surface area contributed by atoms with Crippen molar-refractivity contribution in [2.75, 3.05) is 12.3 Å². The summed E-state index contributed by atoms with van der Waals surface area (Å²) in [5, 5.41) is 4.54. The summed E-state index contributed by atoms with van der Waals surface area (Å²) in [6.45, 7) is 2.66. The number of nitrogens with zero attached hydrogens (tertiary/aromatic N) is 3. The summed E-state index contributed by atoms with van der Waals surface area (Å²) in [6, 6.07) is 7.27. The largest absolute Gasteiger partial charge is 0.383 e. The summed E-state index contributed by atoms with van der Waals surface area (Å²) in [5.41, 5.74) is 14.9. The molecule has 2 atom stereocenters. The van der Waals surface area contributed by atoms with E-state index in [0.29, 0.717) is 12.1 Å². The highest BCUT2D eigenvalue weighted by atomic mass is 19.3. The Balaban J connectivity index is 1.65. The third-order valence-corrected chi connectivity index (χ3v) is 6.22. The minimum Gasteiger partial charge on any atom is -0.383 e. The normalized spacial score (nSPS) is 22.2. The van der Waals surface area contributed by atoms with Crippen molar-refractivity contribution in [1.82, 2.24) is 14.7 Å². The van der Waals surface area contributed by atoms with E-state index in [2.05, 4.69) is 17.7 Å². The van der Waals surface area contributed by atoms with Crippen LogP contribution in [-0.4, -0.2) is 45.0 Å². The van der Waals surface area contributed by atoms with Crippen molar-refractivity contribution >= 4 is 17.6 Å². The van der Waals surface area contributed by atoms with Crippen molar-refractivity contribution in [2.24, 2.45) is 5.73 Å². The van der Waals surface area contributed by atoms with E-state index in [9.17, 15) is 18.4 Å². The summed E-state index contributed by atoms with van der Waals surface area (Å²) in [7, 11) is 0. The Bertz CT molecular complexity index is 1050. The number of halogens is 2. The van der Waals surface area contributed by atoms with E-state index >= 15 is 0 Å². The van der Waals surface area contributed by atoms with E-state index in [1.165, 1.54) is 15.8 Å². The van der Waals surface area contributed by atoms with E-state index in [-0.39, 0.29) is 23.8 Å². The van der Waals surface area contributed by atoms with Crippen molar-refractivity contribution in [3.05, 3.63) is 59.3 Å². The zero-order chi connectivity index (χ0) is 22.3. The number of benzene rings is 1. The number of hydrogen-bond donors (Lipinski definition) is 2. The molecule has 164 valence electrons. The summed E-state index contributed by atoms with van der Waals surface area (Å²) in [5.74, 6) is -4.30. The molecule has 1 aromatic carbocycles. The van der Waals surface area contributed by atoms with Crippen LogP contribution in [0.4, 0.5) is 14.6 Å². The third-order valence-electron chi connectivity index (χ3n) is 6.22. The zero-order valence-electron chi connectivity index (χ0n) is 17.1. The first-order valence-corrected chi connectivity index (χ1v) is 10.2. The molecular weight excluding hydrogens is 404 g/mol. The average Bonchev–Trinajstić information content (AvgIpc) is 3.23. The van der Waals surface area contributed by atoms with Crippen LogP contribution >= 0.6 is 0 Å². The molecule has 1 aliphatic carbocycles. The summed E-state index contributed by atoms with van der Waals surface area (Å²) in [6.07, 6.45) is 2.80. The van der Waals surface area contributed by atoms with Gasteiger partial charge in [0.1, 0.15) is 11.4 Å². The second-order valence-electron chi connectivity index (χ2n) is 8.28. The lowest BCUT2D eigenvalue weighted by Gasteiger charge is -2.24. The Morgan fingerprint density at radius 1 is 1.29 bits per heavy atom. The molecule has 1 saturated heterocycles. The fraction of sp³-hybridized carbons (Fsp3) is 0.409. The van der Waals surface area contributed by atoms with Crippen LogP contribution in [0.3, 0.4) is 0 Å². The van der Waals surface area contributed by atoms with E-state index in [4.69, 9.17) is 11.5 Å². The lowest BCUT2D eigenvalue weighted by Crippen LogP contribution is -2.38. The van der Waals surface area contributed by atoms with E-state index < -0.39 is 36.7 Å². The van der Waals surface area contributed by atoms with Gasteiger partial charge in [0.2, 0.25) is 5.91 Å². The number of anilines is 1. The number of nitrogen functional groups attached to an aromatic ring is 1. The van der Waals surface area contributed by atoms with Gasteiger partial charge in [-0.3, -0.25) is 9.59 Å². The fourth-order valence-electron chi connectivity index (χ4n) is 4.74. The molecule has 2 aromatic rings. The van der Waals surface area contributed by atoms with Gasteiger partial charge in [0, 0.05) is 12.3 Å². The number of amides is 2. The number of hydrogen-bond acceptors (Lipinski definition) is 4. The topological polar surface area (TPSA) is 107 Å². The number of fused-ring (bicyclic) bond motifs is 1. The maximum Gasteiger partial charge on any atom is 0.267 e. The Morgan fingerprint density at radius 3 is 2.68 bits per heavy atom. The maximum absolute atomic E-state index is 14.0. The molecule has 1 fully saturated rings. The first-order valence-electron chi connectivity index (χ1n) is 10.2. The number of carbonyl (C=O) groups excluding carboxylic acids is 2. The van der Waals surface area contributed by atoms with Crippen LogP contribution in [0.25, 0.3) is 0 Å². The van der Waals surface area contributed by atoms with Gasteiger partial charge < -0.3 is 16.4 Å². The molecular formula is C22H25F2N5O2. The third kappa shape index (κ3) is 3.92. The predicted octanol–water partition coefficient (Wildman–Crippen LogP) is 2.26. The lowest BCUT2D eigenvalue weighted by atomic mass is 9.81. The van der Waals surface area contributed by atoms with Gasteiger partial charge in [-0.25, -0.2) is 13.5 Å². The number of likely N-dealkylation sites (tertiary alicyclic amines) is 1. The standard InChI is InChI=1S/C22H25F2N5O2/c1-2-17(30)28-12-22(23,24)10-16(28)11-29-20(25)18(21(26)31)19(27-29)15-8-7-13-5-3-4-6-14(13)9-15/h2-6,15-16H,1,7-12,25H2,(H2,26,31)/t15-,16+/m1/s1. The van der Waals surface area contributed by atoms with E-state index in [0.717, 1.165) is 23.8 Å². The van der Waals surface area contributed by atoms with Crippen LogP contribution in [0.15, 0.2) is 36.9 Å². The van der Waals surface area contributed by atoms with Gasteiger partial charge in [0.25, 0.3) is 11.8 Å². The SMILES string of the molecule is C=CC(=O)N1CC(F)(F)C[C@H]1Cn1nc([C@@H]2CCc3ccccc3C2)c(C(N)=O)c1N.